The number of hydrogen-bond acceptors (Lipinski definition) is 2. The van der Waals surface area contributed by atoms with Crippen molar-refractivity contribution in [3.63, 3.8) is 0 Å². The van der Waals surface area contributed by atoms with Crippen molar-refractivity contribution >= 4 is 0 Å². The van der Waals surface area contributed by atoms with E-state index in [9.17, 15) is 0 Å². The SMILES string of the molecule is C=CC(CCc1cccc(C)c1)NN. The van der Waals surface area contributed by atoms with Crippen molar-refractivity contribution in [1.82, 2.24) is 5.43 Å². The molecule has 0 radical (unpaired) electrons. The van der Waals surface area contributed by atoms with Gasteiger partial charge in [0.1, 0.15) is 0 Å². The number of aryl methyl sites for hydroxylation is 2. The number of benzene rings is 1. The lowest BCUT2D eigenvalue weighted by molar-refractivity contribution is 0.578. The lowest BCUT2D eigenvalue weighted by Gasteiger charge is -2.10. The van der Waals surface area contributed by atoms with E-state index in [2.05, 4.69) is 43.2 Å². The maximum atomic E-state index is 5.36. The van der Waals surface area contributed by atoms with Crippen molar-refractivity contribution in [2.75, 3.05) is 0 Å². The van der Waals surface area contributed by atoms with Crippen LogP contribution in [0, 0.1) is 6.92 Å². The standard InChI is InChI=1S/C12H18N2/c1-3-12(14-13)8-7-11-6-4-5-10(2)9-11/h3-6,9,12,14H,1,7-8,13H2,2H3. The summed E-state index contributed by atoms with van der Waals surface area (Å²) >= 11 is 0. The molecule has 1 aromatic carbocycles. The van der Waals surface area contributed by atoms with E-state index in [1.165, 1.54) is 11.1 Å². The summed E-state index contributed by atoms with van der Waals surface area (Å²) in [5.41, 5.74) is 5.38. The van der Waals surface area contributed by atoms with Gasteiger partial charge in [-0.3, -0.25) is 11.3 Å². The summed E-state index contributed by atoms with van der Waals surface area (Å²) in [7, 11) is 0. The van der Waals surface area contributed by atoms with Crippen molar-refractivity contribution in [2.45, 2.75) is 25.8 Å². The zero-order valence-corrected chi connectivity index (χ0v) is 8.66. The van der Waals surface area contributed by atoms with Gasteiger partial charge in [-0.1, -0.05) is 35.9 Å². The van der Waals surface area contributed by atoms with E-state index in [4.69, 9.17) is 5.84 Å². The molecule has 3 N–H and O–H groups in total. The van der Waals surface area contributed by atoms with Gasteiger partial charge in [-0.15, -0.1) is 6.58 Å². The van der Waals surface area contributed by atoms with E-state index in [1.54, 1.807) is 0 Å². The third-order valence-corrected chi connectivity index (χ3v) is 2.33. The molecule has 2 nitrogen and oxygen atoms in total. The Morgan fingerprint density at radius 3 is 2.93 bits per heavy atom. The van der Waals surface area contributed by atoms with Crippen LogP contribution in [0.25, 0.3) is 0 Å². The van der Waals surface area contributed by atoms with E-state index < -0.39 is 0 Å². The second-order valence-electron chi connectivity index (χ2n) is 3.54. The van der Waals surface area contributed by atoms with E-state index in [0.717, 1.165) is 12.8 Å². The Bertz CT molecular complexity index is 294. The molecule has 2 heteroatoms. The first-order chi connectivity index (χ1) is 6.76. The van der Waals surface area contributed by atoms with Crippen molar-refractivity contribution < 1.29 is 0 Å². The first-order valence-electron chi connectivity index (χ1n) is 4.90. The number of hydrogen-bond donors (Lipinski definition) is 2. The Morgan fingerprint density at radius 1 is 1.57 bits per heavy atom. The molecule has 0 aliphatic rings. The topological polar surface area (TPSA) is 38.0 Å². The Balaban J connectivity index is 2.48. The molecule has 0 fully saturated rings. The predicted octanol–water partition coefficient (Wildman–Crippen LogP) is 1.95. The molecule has 1 aromatic rings. The maximum Gasteiger partial charge on any atom is 0.0391 e. The number of hydrazine groups is 1. The molecule has 0 heterocycles. The minimum absolute atomic E-state index is 0.204. The Labute approximate surface area is 85.8 Å². The van der Waals surface area contributed by atoms with Crippen LogP contribution in [0.3, 0.4) is 0 Å². The molecule has 1 rings (SSSR count). The number of rotatable bonds is 5. The van der Waals surface area contributed by atoms with Crippen molar-refractivity contribution in [3.8, 4) is 0 Å². The largest absolute Gasteiger partial charge is 0.271 e. The zero-order chi connectivity index (χ0) is 10.4. The van der Waals surface area contributed by atoms with Crippen LogP contribution >= 0.6 is 0 Å². The van der Waals surface area contributed by atoms with Gasteiger partial charge in [0.15, 0.2) is 0 Å². The minimum Gasteiger partial charge on any atom is -0.271 e. The third kappa shape index (κ3) is 3.32. The molecule has 0 aromatic heterocycles. The van der Waals surface area contributed by atoms with Gasteiger partial charge in [0.2, 0.25) is 0 Å². The van der Waals surface area contributed by atoms with E-state index in [1.807, 2.05) is 6.08 Å². The lowest BCUT2D eigenvalue weighted by atomic mass is 10.0. The molecule has 0 amide bonds. The maximum absolute atomic E-state index is 5.36. The third-order valence-electron chi connectivity index (χ3n) is 2.33. The van der Waals surface area contributed by atoms with Crippen LogP contribution in [0.15, 0.2) is 36.9 Å². The fourth-order valence-corrected chi connectivity index (χ4v) is 1.46. The molecule has 0 saturated carbocycles. The second kappa shape index (κ2) is 5.58. The molecule has 0 saturated heterocycles. The molecule has 1 unspecified atom stereocenters. The van der Waals surface area contributed by atoms with Gasteiger partial charge in [-0.05, 0) is 25.3 Å². The summed E-state index contributed by atoms with van der Waals surface area (Å²) in [6.45, 7) is 5.83. The van der Waals surface area contributed by atoms with Crippen LogP contribution in [0.2, 0.25) is 0 Å². The average molecular weight is 190 g/mol. The van der Waals surface area contributed by atoms with Gasteiger partial charge in [0.25, 0.3) is 0 Å². The van der Waals surface area contributed by atoms with Gasteiger partial charge in [-0.2, -0.15) is 0 Å². The summed E-state index contributed by atoms with van der Waals surface area (Å²) in [6.07, 6.45) is 3.86. The molecule has 14 heavy (non-hydrogen) atoms. The number of nitrogens with one attached hydrogen (secondary N) is 1. The van der Waals surface area contributed by atoms with E-state index >= 15 is 0 Å². The number of nitrogens with two attached hydrogens (primary N) is 1. The monoisotopic (exact) mass is 190 g/mol. The quantitative estimate of drug-likeness (QED) is 0.423. The Hall–Kier alpha value is -1.12. The average Bonchev–Trinajstić information content (AvgIpc) is 2.19. The normalized spacial score (nSPS) is 12.4. The summed E-state index contributed by atoms with van der Waals surface area (Å²) < 4.78 is 0. The summed E-state index contributed by atoms with van der Waals surface area (Å²) in [4.78, 5) is 0. The Kier molecular flexibility index (Phi) is 4.36. The Morgan fingerprint density at radius 2 is 2.36 bits per heavy atom. The fourth-order valence-electron chi connectivity index (χ4n) is 1.46. The zero-order valence-electron chi connectivity index (χ0n) is 8.66. The summed E-state index contributed by atoms with van der Waals surface area (Å²) in [6, 6.07) is 8.75. The molecule has 0 bridgehead atoms. The first-order valence-corrected chi connectivity index (χ1v) is 4.90. The predicted molar refractivity (Wildman–Crippen MR) is 60.8 cm³/mol. The van der Waals surface area contributed by atoms with Crippen LogP contribution in [0.5, 0.6) is 0 Å². The first kappa shape index (κ1) is 11.0. The van der Waals surface area contributed by atoms with Crippen LogP contribution in [-0.2, 0) is 6.42 Å². The second-order valence-corrected chi connectivity index (χ2v) is 3.54. The van der Waals surface area contributed by atoms with Gasteiger partial charge >= 0.3 is 0 Å². The van der Waals surface area contributed by atoms with Gasteiger partial charge in [0.05, 0.1) is 0 Å². The van der Waals surface area contributed by atoms with Crippen LogP contribution in [-0.4, -0.2) is 6.04 Å². The molecule has 0 spiro atoms. The van der Waals surface area contributed by atoms with Gasteiger partial charge < -0.3 is 0 Å². The molecule has 76 valence electrons. The highest BCUT2D eigenvalue weighted by Crippen LogP contribution is 2.08. The smallest absolute Gasteiger partial charge is 0.0391 e. The minimum atomic E-state index is 0.204. The molecule has 1 atom stereocenters. The highest BCUT2D eigenvalue weighted by atomic mass is 15.2. The summed E-state index contributed by atoms with van der Waals surface area (Å²) in [5, 5.41) is 0. The van der Waals surface area contributed by atoms with Crippen LogP contribution in [0.4, 0.5) is 0 Å². The lowest BCUT2D eigenvalue weighted by Crippen LogP contribution is -2.33. The van der Waals surface area contributed by atoms with Crippen LogP contribution < -0.4 is 11.3 Å². The highest BCUT2D eigenvalue weighted by Gasteiger charge is 2.01. The highest BCUT2D eigenvalue weighted by molar-refractivity contribution is 5.22. The van der Waals surface area contributed by atoms with E-state index in [0.29, 0.717) is 0 Å². The van der Waals surface area contributed by atoms with Gasteiger partial charge in [-0.25, -0.2) is 0 Å². The van der Waals surface area contributed by atoms with Crippen molar-refractivity contribution in [1.29, 1.82) is 0 Å². The van der Waals surface area contributed by atoms with E-state index in [-0.39, 0.29) is 6.04 Å². The summed E-state index contributed by atoms with van der Waals surface area (Å²) in [5.74, 6) is 5.36. The molecular formula is C12H18N2. The van der Waals surface area contributed by atoms with Crippen molar-refractivity contribution in [3.05, 3.63) is 48.0 Å². The van der Waals surface area contributed by atoms with Gasteiger partial charge in [0, 0.05) is 6.04 Å². The fraction of sp³-hybridized carbons (Fsp3) is 0.333. The molecular weight excluding hydrogens is 172 g/mol. The van der Waals surface area contributed by atoms with Crippen LogP contribution in [0.1, 0.15) is 17.5 Å². The molecule has 0 aliphatic heterocycles. The molecule has 0 aliphatic carbocycles. The van der Waals surface area contributed by atoms with Crippen molar-refractivity contribution in [2.24, 2.45) is 5.84 Å².